The van der Waals surface area contributed by atoms with Gasteiger partial charge in [-0.3, -0.25) is 0 Å². The summed E-state index contributed by atoms with van der Waals surface area (Å²) < 4.78 is 0. The summed E-state index contributed by atoms with van der Waals surface area (Å²) in [5.41, 5.74) is 0.675. The maximum absolute atomic E-state index is 9.94. The molecule has 0 fully saturated rings. The lowest BCUT2D eigenvalue weighted by molar-refractivity contribution is 0.426. The van der Waals surface area contributed by atoms with E-state index in [1.54, 1.807) is 0 Å². The number of hydrogen-bond acceptors (Lipinski definition) is 2. The molecule has 0 heterocycles. The molecule has 2 nitrogen and oxygen atoms in total. The van der Waals surface area contributed by atoms with Crippen molar-refractivity contribution in [3.8, 4) is 0 Å². The fourth-order valence-corrected chi connectivity index (χ4v) is 15.8. The molecule has 0 aliphatic rings. The SMILES string of the molecule is CC(C)(C)[Si](c1ccccc1B(O)O)(C(C)(C)C)C(C)(C)C. The lowest BCUT2D eigenvalue weighted by Crippen LogP contribution is -2.71. The highest BCUT2D eigenvalue weighted by atomic mass is 28.3. The molecule has 1 rings (SSSR count). The molecule has 124 valence electrons. The summed E-state index contributed by atoms with van der Waals surface area (Å²) in [6.07, 6.45) is 0. The van der Waals surface area contributed by atoms with Crippen LogP contribution >= 0.6 is 0 Å². The van der Waals surface area contributed by atoms with Gasteiger partial charge in [-0.05, 0) is 20.6 Å². The van der Waals surface area contributed by atoms with Gasteiger partial charge >= 0.3 is 7.12 Å². The van der Waals surface area contributed by atoms with Gasteiger partial charge in [-0.2, -0.15) is 0 Å². The van der Waals surface area contributed by atoms with Gasteiger partial charge in [0.25, 0.3) is 0 Å². The fourth-order valence-electron chi connectivity index (χ4n) is 5.65. The quantitative estimate of drug-likeness (QED) is 0.820. The molecule has 0 saturated carbocycles. The average molecular weight is 320 g/mol. The van der Waals surface area contributed by atoms with Crippen LogP contribution in [-0.2, 0) is 0 Å². The van der Waals surface area contributed by atoms with Gasteiger partial charge in [-0.25, -0.2) is 0 Å². The third-order valence-electron chi connectivity index (χ3n) is 5.02. The molecule has 0 aromatic heterocycles. The first-order valence-electron chi connectivity index (χ1n) is 8.13. The fraction of sp³-hybridized carbons (Fsp3) is 0.667. The molecule has 0 unspecified atom stereocenters. The highest BCUT2D eigenvalue weighted by Crippen LogP contribution is 2.61. The summed E-state index contributed by atoms with van der Waals surface area (Å²) in [5.74, 6) is 0. The highest BCUT2D eigenvalue weighted by molar-refractivity contribution is 7.01. The first-order valence-corrected chi connectivity index (χ1v) is 10.1. The lowest BCUT2D eigenvalue weighted by Gasteiger charge is -2.60. The minimum Gasteiger partial charge on any atom is -0.423 e. The Morgan fingerprint density at radius 3 is 1.41 bits per heavy atom. The third kappa shape index (κ3) is 2.93. The maximum Gasteiger partial charge on any atom is 0.488 e. The average Bonchev–Trinajstić information content (AvgIpc) is 2.23. The van der Waals surface area contributed by atoms with Crippen molar-refractivity contribution in [2.45, 2.75) is 77.4 Å². The summed E-state index contributed by atoms with van der Waals surface area (Å²) >= 11 is 0. The summed E-state index contributed by atoms with van der Waals surface area (Å²) in [7, 11) is -3.62. The standard InChI is InChI=1S/C18H33BO2Si/c1-16(2,3)22(17(4,5)6,18(7,8)9)15-13-11-10-12-14(15)19(20)21/h10-13,20-21H,1-9H3. The molecule has 1 aromatic rings. The normalized spacial score (nSPS) is 14.1. The summed E-state index contributed by atoms with van der Waals surface area (Å²) in [6, 6.07) is 7.92. The minimum absolute atomic E-state index is 0.0779. The van der Waals surface area contributed by atoms with Crippen LogP contribution < -0.4 is 10.6 Å². The summed E-state index contributed by atoms with van der Waals surface area (Å²) in [4.78, 5) is 0. The van der Waals surface area contributed by atoms with Crippen LogP contribution in [0.3, 0.4) is 0 Å². The molecule has 4 heteroatoms. The molecule has 0 amide bonds. The van der Waals surface area contributed by atoms with E-state index in [0.29, 0.717) is 5.46 Å². The van der Waals surface area contributed by atoms with Gasteiger partial charge in [0.05, 0.1) is 0 Å². The topological polar surface area (TPSA) is 40.5 Å². The van der Waals surface area contributed by atoms with Crippen molar-refractivity contribution < 1.29 is 10.0 Å². The Morgan fingerprint density at radius 1 is 0.727 bits per heavy atom. The van der Waals surface area contributed by atoms with E-state index in [0.717, 1.165) is 0 Å². The molecular weight excluding hydrogens is 287 g/mol. The molecule has 0 aliphatic carbocycles. The smallest absolute Gasteiger partial charge is 0.423 e. The predicted molar refractivity (Wildman–Crippen MR) is 101 cm³/mol. The van der Waals surface area contributed by atoms with Crippen LogP contribution in [0.4, 0.5) is 0 Å². The van der Waals surface area contributed by atoms with Crippen molar-refractivity contribution in [2.75, 3.05) is 0 Å². The van der Waals surface area contributed by atoms with E-state index >= 15 is 0 Å². The van der Waals surface area contributed by atoms with E-state index < -0.39 is 15.2 Å². The van der Waals surface area contributed by atoms with Crippen LogP contribution in [0.25, 0.3) is 0 Å². The van der Waals surface area contributed by atoms with Crippen molar-refractivity contribution in [2.24, 2.45) is 0 Å². The second-order valence-electron chi connectivity index (χ2n) is 9.46. The van der Waals surface area contributed by atoms with Gasteiger partial charge in [0.2, 0.25) is 0 Å². The van der Waals surface area contributed by atoms with Crippen molar-refractivity contribution in [3.05, 3.63) is 24.3 Å². The molecule has 2 N–H and O–H groups in total. The Morgan fingerprint density at radius 2 is 1.09 bits per heavy atom. The molecule has 22 heavy (non-hydrogen) atoms. The van der Waals surface area contributed by atoms with E-state index in [1.807, 2.05) is 18.2 Å². The van der Waals surface area contributed by atoms with E-state index in [9.17, 15) is 10.0 Å². The van der Waals surface area contributed by atoms with Gasteiger partial charge in [-0.15, -0.1) is 0 Å². The van der Waals surface area contributed by atoms with Crippen LogP contribution in [0.5, 0.6) is 0 Å². The zero-order chi connectivity index (χ0) is 17.6. The predicted octanol–water partition coefficient (Wildman–Crippen LogP) is 3.42. The van der Waals surface area contributed by atoms with Crippen LogP contribution in [0, 0.1) is 0 Å². The number of rotatable bonds is 2. The first-order chi connectivity index (χ1) is 9.68. The molecule has 1 aromatic carbocycles. The van der Waals surface area contributed by atoms with Crippen LogP contribution in [0.2, 0.25) is 15.1 Å². The minimum atomic E-state index is -2.20. The molecule has 0 aliphatic heterocycles. The third-order valence-corrected chi connectivity index (χ3v) is 13.0. The van der Waals surface area contributed by atoms with Crippen LogP contribution in [0.15, 0.2) is 24.3 Å². The van der Waals surface area contributed by atoms with Crippen molar-refractivity contribution in [3.63, 3.8) is 0 Å². The second-order valence-corrected chi connectivity index (χ2v) is 16.0. The Bertz CT molecular complexity index is 483. The van der Waals surface area contributed by atoms with Crippen LogP contribution in [-0.4, -0.2) is 25.2 Å². The summed E-state index contributed by atoms with van der Waals surface area (Å²) in [5, 5.41) is 21.3. The van der Waals surface area contributed by atoms with Gasteiger partial charge < -0.3 is 10.0 Å². The summed E-state index contributed by atoms with van der Waals surface area (Å²) in [6.45, 7) is 20.8. The Kier molecular flexibility index (Phi) is 5.14. The molecule has 0 saturated heterocycles. The Balaban J connectivity index is 3.97. The van der Waals surface area contributed by atoms with E-state index in [4.69, 9.17) is 0 Å². The number of hydrogen-bond donors (Lipinski definition) is 2. The van der Waals surface area contributed by atoms with E-state index in [1.165, 1.54) is 5.19 Å². The molecular formula is C18H33BO2Si. The molecule has 0 atom stereocenters. The zero-order valence-corrected chi connectivity index (χ0v) is 16.8. The Hall–Kier alpha value is -0.578. The Labute approximate surface area is 138 Å². The number of benzene rings is 1. The van der Waals surface area contributed by atoms with Gasteiger partial charge in [0, 0.05) is 0 Å². The first kappa shape index (κ1) is 19.5. The monoisotopic (exact) mass is 320 g/mol. The van der Waals surface area contributed by atoms with Gasteiger partial charge in [-0.1, -0.05) is 91.8 Å². The maximum atomic E-state index is 9.94. The van der Waals surface area contributed by atoms with E-state index in [-0.39, 0.29) is 15.1 Å². The van der Waals surface area contributed by atoms with Crippen molar-refractivity contribution in [1.29, 1.82) is 0 Å². The van der Waals surface area contributed by atoms with Gasteiger partial charge in [0.15, 0.2) is 0 Å². The van der Waals surface area contributed by atoms with E-state index in [2.05, 4.69) is 68.4 Å². The zero-order valence-electron chi connectivity index (χ0n) is 15.8. The lowest BCUT2D eigenvalue weighted by atomic mass is 9.80. The largest absolute Gasteiger partial charge is 0.488 e. The highest BCUT2D eigenvalue weighted by Gasteiger charge is 2.61. The van der Waals surface area contributed by atoms with Crippen LogP contribution in [0.1, 0.15) is 62.3 Å². The van der Waals surface area contributed by atoms with Crippen molar-refractivity contribution >= 4 is 25.8 Å². The van der Waals surface area contributed by atoms with Gasteiger partial charge in [0.1, 0.15) is 8.07 Å². The molecule has 0 radical (unpaired) electrons. The molecule has 0 bridgehead atoms. The molecule has 0 spiro atoms. The van der Waals surface area contributed by atoms with Crippen molar-refractivity contribution in [1.82, 2.24) is 0 Å². The second kappa shape index (κ2) is 5.81.